The molecule has 0 saturated carbocycles. The molecule has 0 radical (unpaired) electrons. The molecule has 0 aromatic heterocycles. The molecule has 0 fully saturated rings. The number of hydrogen-bond acceptors (Lipinski definition) is 6. The third-order valence-corrected chi connectivity index (χ3v) is 6.15. The summed E-state index contributed by atoms with van der Waals surface area (Å²) >= 11 is 0. The van der Waals surface area contributed by atoms with Crippen LogP contribution in [0, 0.1) is 5.41 Å². The van der Waals surface area contributed by atoms with Crippen LogP contribution in [0.2, 0.25) is 0 Å². The highest BCUT2D eigenvalue weighted by Crippen LogP contribution is 2.47. The molecule has 34 heavy (non-hydrogen) atoms. The minimum absolute atomic E-state index is 0.0219. The Balaban J connectivity index is 1.72. The van der Waals surface area contributed by atoms with E-state index in [0.717, 1.165) is 16.8 Å². The first-order chi connectivity index (χ1) is 16.1. The van der Waals surface area contributed by atoms with Crippen molar-refractivity contribution in [1.82, 2.24) is 5.32 Å². The zero-order chi connectivity index (χ0) is 24.5. The third kappa shape index (κ3) is 4.96. The van der Waals surface area contributed by atoms with E-state index in [0.29, 0.717) is 35.4 Å². The third-order valence-electron chi connectivity index (χ3n) is 6.15. The molecule has 0 spiro atoms. The van der Waals surface area contributed by atoms with Gasteiger partial charge in [0.25, 0.3) is 0 Å². The predicted molar refractivity (Wildman–Crippen MR) is 128 cm³/mol. The van der Waals surface area contributed by atoms with Crippen molar-refractivity contribution in [3.8, 4) is 5.75 Å². The highest BCUT2D eigenvalue weighted by Gasteiger charge is 2.43. The van der Waals surface area contributed by atoms with Gasteiger partial charge in [0, 0.05) is 36.2 Å². The van der Waals surface area contributed by atoms with Gasteiger partial charge in [-0.05, 0) is 42.0 Å². The number of hydrogen-bond donors (Lipinski definition) is 1. The molecule has 0 saturated heterocycles. The molecule has 176 valence electrons. The first-order valence-electron chi connectivity index (χ1n) is 11.4. The average molecular weight is 460 g/mol. The van der Waals surface area contributed by atoms with Crippen molar-refractivity contribution in [2.45, 2.75) is 53.1 Å². The number of benzene rings is 2. The van der Waals surface area contributed by atoms with E-state index < -0.39 is 17.9 Å². The summed E-state index contributed by atoms with van der Waals surface area (Å²) < 4.78 is 10.8. The van der Waals surface area contributed by atoms with Crippen LogP contribution in [0.4, 0.5) is 0 Å². The van der Waals surface area contributed by atoms with E-state index in [9.17, 15) is 14.4 Å². The Kier molecular flexibility index (Phi) is 6.42. The topological polar surface area (TPSA) is 81.7 Å². The van der Waals surface area contributed by atoms with Crippen LogP contribution < -0.4 is 10.1 Å². The number of ketones is 1. The average Bonchev–Trinajstić information content (AvgIpc) is 2.76. The fourth-order valence-corrected chi connectivity index (χ4v) is 4.74. The van der Waals surface area contributed by atoms with Gasteiger partial charge in [-0.3, -0.25) is 9.59 Å². The molecule has 1 heterocycles. The summed E-state index contributed by atoms with van der Waals surface area (Å²) in [5.41, 5.74) is 4.04. The number of allylic oxidation sites excluding steroid dienone is 3. The summed E-state index contributed by atoms with van der Waals surface area (Å²) in [6.45, 7) is 7.47. The Morgan fingerprint density at radius 2 is 1.71 bits per heavy atom. The zero-order valence-corrected chi connectivity index (χ0v) is 19.9. The number of Topliss-reactive ketones (excluding diaryl/α,β-unsaturated/α-hetero) is 1. The number of dihydropyridines is 1. The van der Waals surface area contributed by atoms with Crippen molar-refractivity contribution in [2.24, 2.45) is 5.41 Å². The summed E-state index contributed by atoms with van der Waals surface area (Å²) in [7, 11) is 0. The molecule has 0 unspecified atom stereocenters. The van der Waals surface area contributed by atoms with Gasteiger partial charge in [0.1, 0.15) is 12.4 Å². The first-order valence-corrected chi connectivity index (χ1v) is 11.4. The molecule has 0 bridgehead atoms. The molecule has 1 atom stereocenters. The molecule has 1 aliphatic heterocycles. The largest absolute Gasteiger partial charge is 0.457 e. The fourth-order valence-electron chi connectivity index (χ4n) is 4.74. The van der Waals surface area contributed by atoms with Crippen LogP contribution in [0.1, 0.15) is 57.6 Å². The molecule has 2 aromatic rings. The molecule has 2 aromatic carbocycles. The van der Waals surface area contributed by atoms with Crippen molar-refractivity contribution in [3.63, 3.8) is 0 Å². The van der Waals surface area contributed by atoms with E-state index in [1.165, 1.54) is 6.92 Å². The van der Waals surface area contributed by atoms with Gasteiger partial charge in [-0.25, -0.2) is 4.79 Å². The monoisotopic (exact) mass is 459 g/mol. The smallest absolute Gasteiger partial charge is 0.337 e. The maximum absolute atomic E-state index is 13.4. The van der Waals surface area contributed by atoms with Crippen LogP contribution in [0.15, 0.2) is 77.1 Å². The fraction of sp³-hybridized carbons (Fsp3) is 0.321. The van der Waals surface area contributed by atoms with Crippen molar-refractivity contribution < 1.29 is 23.9 Å². The molecule has 0 amide bonds. The molecule has 2 aliphatic rings. The van der Waals surface area contributed by atoms with Crippen LogP contribution in [0.5, 0.6) is 5.75 Å². The Hall–Kier alpha value is -3.67. The van der Waals surface area contributed by atoms with Crippen LogP contribution in [0.3, 0.4) is 0 Å². The van der Waals surface area contributed by atoms with Gasteiger partial charge in [0.2, 0.25) is 0 Å². The molecular formula is C28H29NO5. The van der Waals surface area contributed by atoms with Crippen molar-refractivity contribution >= 4 is 17.7 Å². The number of rotatable bonds is 5. The molecule has 4 rings (SSSR count). The zero-order valence-electron chi connectivity index (χ0n) is 19.9. The highest BCUT2D eigenvalue weighted by atomic mass is 16.5. The number of carbonyl (C=O) groups is 3. The van der Waals surface area contributed by atoms with Crippen molar-refractivity contribution in [3.05, 3.63) is 88.3 Å². The Labute approximate surface area is 199 Å². The van der Waals surface area contributed by atoms with Gasteiger partial charge in [-0.15, -0.1) is 0 Å². The molecule has 6 heteroatoms. The summed E-state index contributed by atoms with van der Waals surface area (Å²) in [5, 5.41) is 3.34. The highest BCUT2D eigenvalue weighted by molar-refractivity contribution is 6.04. The van der Waals surface area contributed by atoms with Gasteiger partial charge in [-0.1, -0.05) is 56.3 Å². The summed E-state index contributed by atoms with van der Waals surface area (Å²) in [5.74, 6) is -1.01. The van der Waals surface area contributed by atoms with Crippen LogP contribution in [-0.4, -0.2) is 17.7 Å². The summed E-state index contributed by atoms with van der Waals surface area (Å²) in [6, 6.07) is 16.4. The van der Waals surface area contributed by atoms with E-state index >= 15 is 0 Å². The molecule has 1 N–H and O–H groups in total. The van der Waals surface area contributed by atoms with Gasteiger partial charge < -0.3 is 14.8 Å². The second-order valence-corrected chi connectivity index (χ2v) is 9.65. The predicted octanol–water partition coefficient (Wildman–Crippen LogP) is 4.96. The van der Waals surface area contributed by atoms with Crippen molar-refractivity contribution in [2.75, 3.05) is 0 Å². The Morgan fingerprint density at radius 3 is 2.35 bits per heavy atom. The maximum Gasteiger partial charge on any atom is 0.337 e. The molecule has 6 nitrogen and oxygen atoms in total. The number of nitrogens with one attached hydrogen (secondary N) is 1. The SMILES string of the molecule is CC(=O)Oc1ccc([C@@H]2C(C(=O)OCc3ccccc3)=C(C)NC3=C2C(=O)CC(C)(C)C3)cc1. The lowest BCUT2D eigenvalue weighted by Crippen LogP contribution is -2.38. The van der Waals surface area contributed by atoms with Gasteiger partial charge in [0.15, 0.2) is 5.78 Å². The van der Waals surface area contributed by atoms with E-state index in [1.54, 1.807) is 24.3 Å². The minimum Gasteiger partial charge on any atom is -0.457 e. The molecule has 1 aliphatic carbocycles. The second kappa shape index (κ2) is 9.29. The van der Waals surface area contributed by atoms with Crippen LogP contribution in [-0.2, 0) is 25.7 Å². The Morgan fingerprint density at radius 1 is 1.03 bits per heavy atom. The summed E-state index contributed by atoms with van der Waals surface area (Å²) in [6.07, 6.45) is 1.11. The lowest BCUT2D eigenvalue weighted by atomic mass is 9.68. The second-order valence-electron chi connectivity index (χ2n) is 9.65. The normalized spacial score (nSPS) is 19.3. The number of ether oxygens (including phenoxy) is 2. The van der Waals surface area contributed by atoms with Crippen molar-refractivity contribution in [1.29, 1.82) is 0 Å². The molecular weight excluding hydrogens is 430 g/mol. The lowest BCUT2D eigenvalue weighted by Gasteiger charge is -2.39. The van der Waals surface area contributed by atoms with Gasteiger partial charge >= 0.3 is 11.9 Å². The standard InChI is InChI=1S/C28H29NO5/c1-17-24(27(32)33-16-19-8-6-5-7-9-19)25(20-10-12-21(13-11-20)34-18(2)30)26-22(29-17)14-28(3,4)15-23(26)31/h5-13,25,29H,14-16H2,1-4H3/t25-/m1/s1. The van der Waals surface area contributed by atoms with E-state index in [4.69, 9.17) is 9.47 Å². The first kappa shape index (κ1) is 23.5. The van der Waals surface area contributed by atoms with Crippen LogP contribution >= 0.6 is 0 Å². The number of esters is 2. The summed E-state index contributed by atoms with van der Waals surface area (Å²) in [4.78, 5) is 38.0. The van der Waals surface area contributed by atoms with Gasteiger partial charge in [-0.2, -0.15) is 0 Å². The number of carbonyl (C=O) groups excluding carboxylic acids is 3. The van der Waals surface area contributed by atoms with Crippen LogP contribution in [0.25, 0.3) is 0 Å². The van der Waals surface area contributed by atoms with E-state index in [2.05, 4.69) is 19.2 Å². The lowest BCUT2D eigenvalue weighted by molar-refractivity contribution is -0.140. The Bertz CT molecular complexity index is 1190. The maximum atomic E-state index is 13.4. The minimum atomic E-state index is -0.561. The van der Waals surface area contributed by atoms with E-state index in [1.807, 2.05) is 37.3 Å². The quantitative estimate of drug-likeness (QED) is 0.503. The van der Waals surface area contributed by atoms with E-state index in [-0.39, 0.29) is 17.8 Å². The van der Waals surface area contributed by atoms with Gasteiger partial charge in [0.05, 0.1) is 5.57 Å².